The second kappa shape index (κ2) is 4.91. The molecule has 2 heterocycles. The van der Waals surface area contributed by atoms with Gasteiger partial charge in [-0.1, -0.05) is 0 Å². The lowest BCUT2D eigenvalue weighted by atomic mass is 10.1. The van der Waals surface area contributed by atoms with Gasteiger partial charge < -0.3 is 4.74 Å². The summed E-state index contributed by atoms with van der Waals surface area (Å²) in [5.74, 6) is 0. The average molecular weight is 316 g/mol. The van der Waals surface area contributed by atoms with Crippen LogP contribution < -0.4 is 0 Å². The van der Waals surface area contributed by atoms with Crippen LogP contribution in [0.25, 0.3) is 0 Å². The Bertz CT molecular complexity index is 439. The molecule has 6 heteroatoms. The number of imidazole rings is 1. The van der Waals surface area contributed by atoms with Gasteiger partial charge in [-0.25, -0.2) is 9.78 Å². The number of rotatable bonds is 1. The van der Waals surface area contributed by atoms with Crippen molar-refractivity contribution in [1.82, 2.24) is 13.5 Å². The van der Waals surface area contributed by atoms with Crippen LogP contribution >= 0.6 is 16.1 Å². The van der Waals surface area contributed by atoms with Gasteiger partial charge in [0.05, 0.1) is 27.9 Å². The van der Waals surface area contributed by atoms with Crippen LogP contribution in [0.15, 0.2) is 12.5 Å². The van der Waals surface area contributed by atoms with Gasteiger partial charge in [0.15, 0.2) is 0 Å². The topological polar surface area (TPSA) is 47.4 Å². The maximum absolute atomic E-state index is 12.1. The number of ether oxygens (including phenoxy) is 1. The average Bonchev–Trinajstić information content (AvgIpc) is 2.81. The molecule has 1 aromatic rings. The molecular formula is C12H18BrN3O2. The van der Waals surface area contributed by atoms with E-state index < -0.39 is 5.60 Å². The first-order chi connectivity index (χ1) is 8.37. The number of carbonyl (C=O) groups is 1. The molecule has 1 amide bonds. The lowest BCUT2D eigenvalue weighted by molar-refractivity contribution is 0.0222. The zero-order valence-electron chi connectivity index (χ0n) is 10.9. The van der Waals surface area contributed by atoms with Crippen molar-refractivity contribution in [1.29, 1.82) is 0 Å². The number of hydrogen-bond donors (Lipinski definition) is 0. The van der Waals surface area contributed by atoms with Crippen LogP contribution in [-0.2, 0) is 4.74 Å². The maximum atomic E-state index is 12.1. The van der Waals surface area contributed by atoms with Gasteiger partial charge in [-0.3, -0.25) is 8.49 Å². The predicted molar refractivity (Wildman–Crippen MR) is 71.5 cm³/mol. The molecule has 18 heavy (non-hydrogen) atoms. The van der Waals surface area contributed by atoms with E-state index in [1.807, 2.05) is 27.0 Å². The summed E-state index contributed by atoms with van der Waals surface area (Å²) in [5, 5.41) is 0. The number of amides is 1. The third-order valence-electron chi connectivity index (χ3n) is 2.79. The second-order valence-electron chi connectivity index (χ2n) is 5.47. The molecule has 0 saturated carbocycles. The molecular weight excluding hydrogens is 298 g/mol. The molecule has 1 aliphatic heterocycles. The number of aromatic nitrogens is 2. The number of halogens is 1. The van der Waals surface area contributed by atoms with Crippen LogP contribution in [0, 0.1) is 0 Å². The number of nitrogens with zero attached hydrogens (tertiary/aromatic N) is 3. The van der Waals surface area contributed by atoms with Crippen molar-refractivity contribution in [3.63, 3.8) is 0 Å². The van der Waals surface area contributed by atoms with E-state index in [-0.39, 0.29) is 12.1 Å². The third-order valence-corrected chi connectivity index (χ3v) is 3.18. The molecule has 0 bridgehead atoms. The summed E-state index contributed by atoms with van der Waals surface area (Å²) in [5.41, 5.74) is 0.439. The van der Waals surface area contributed by atoms with Gasteiger partial charge in [-0.15, -0.1) is 0 Å². The summed E-state index contributed by atoms with van der Waals surface area (Å²) < 4.78 is 7.14. The predicted octanol–water partition coefficient (Wildman–Crippen LogP) is 3.11. The van der Waals surface area contributed by atoms with Crippen LogP contribution in [-0.4, -0.2) is 31.7 Å². The van der Waals surface area contributed by atoms with Crippen molar-refractivity contribution in [2.45, 2.75) is 45.3 Å². The molecule has 0 spiro atoms. The highest BCUT2D eigenvalue weighted by molar-refractivity contribution is 9.08. The Kier molecular flexibility index (Phi) is 3.66. The van der Waals surface area contributed by atoms with Gasteiger partial charge in [-0.2, -0.15) is 0 Å². The first-order valence-corrected chi connectivity index (χ1v) is 6.77. The summed E-state index contributed by atoms with van der Waals surface area (Å²) >= 11 is 3.30. The van der Waals surface area contributed by atoms with Crippen LogP contribution in [0.3, 0.4) is 0 Å². The molecule has 1 aromatic heterocycles. The Morgan fingerprint density at radius 1 is 1.56 bits per heavy atom. The zero-order valence-corrected chi connectivity index (χ0v) is 12.5. The van der Waals surface area contributed by atoms with Crippen molar-refractivity contribution in [2.24, 2.45) is 0 Å². The van der Waals surface area contributed by atoms with E-state index in [1.54, 1.807) is 14.8 Å². The van der Waals surface area contributed by atoms with Crippen LogP contribution in [0.1, 0.15) is 45.3 Å². The second-order valence-corrected chi connectivity index (χ2v) is 6.29. The highest BCUT2D eigenvalue weighted by Gasteiger charge is 2.34. The molecule has 0 radical (unpaired) electrons. The van der Waals surface area contributed by atoms with E-state index in [9.17, 15) is 4.79 Å². The van der Waals surface area contributed by atoms with Crippen molar-refractivity contribution >= 4 is 22.2 Å². The summed E-state index contributed by atoms with van der Waals surface area (Å²) in [4.78, 5) is 18.2. The Morgan fingerprint density at radius 3 is 2.83 bits per heavy atom. The van der Waals surface area contributed by atoms with E-state index in [0.717, 1.165) is 25.1 Å². The quantitative estimate of drug-likeness (QED) is 0.800. The largest absolute Gasteiger partial charge is 0.444 e. The monoisotopic (exact) mass is 315 g/mol. The number of likely N-dealkylation sites (tertiary alicyclic amines) is 1. The minimum absolute atomic E-state index is 0.0265. The highest BCUT2D eigenvalue weighted by Crippen LogP contribution is 2.32. The molecule has 2 rings (SSSR count). The van der Waals surface area contributed by atoms with Gasteiger partial charge in [0, 0.05) is 12.7 Å². The molecule has 1 fully saturated rings. The van der Waals surface area contributed by atoms with Crippen LogP contribution in [0.5, 0.6) is 0 Å². The summed E-state index contributed by atoms with van der Waals surface area (Å²) in [6, 6.07) is 0.0265. The standard InChI is InChI=1S/C12H18BrN3O2/c1-12(2,3)18-11(17)16-6-4-5-10(16)9-7-15(13)8-14-9/h7-8,10H,4-6H2,1-3H3. The molecule has 0 N–H and O–H groups in total. The van der Waals surface area contributed by atoms with Gasteiger partial charge in [0.1, 0.15) is 11.9 Å². The summed E-state index contributed by atoms with van der Waals surface area (Å²) in [6.45, 7) is 6.37. The van der Waals surface area contributed by atoms with Crippen molar-refractivity contribution < 1.29 is 9.53 Å². The fraction of sp³-hybridized carbons (Fsp3) is 0.667. The molecule has 1 aliphatic rings. The van der Waals surface area contributed by atoms with E-state index in [0.29, 0.717) is 0 Å². The number of hydrogen-bond acceptors (Lipinski definition) is 3. The van der Waals surface area contributed by atoms with Gasteiger partial charge in [-0.05, 0) is 33.6 Å². The molecule has 1 unspecified atom stereocenters. The van der Waals surface area contributed by atoms with Gasteiger partial charge >= 0.3 is 6.09 Å². The molecule has 5 nitrogen and oxygen atoms in total. The van der Waals surface area contributed by atoms with E-state index >= 15 is 0 Å². The maximum Gasteiger partial charge on any atom is 0.410 e. The molecule has 100 valence electrons. The Hall–Kier alpha value is -1.04. The van der Waals surface area contributed by atoms with E-state index in [2.05, 4.69) is 21.1 Å². The minimum Gasteiger partial charge on any atom is -0.444 e. The van der Waals surface area contributed by atoms with E-state index in [4.69, 9.17) is 4.74 Å². The molecule has 0 aliphatic carbocycles. The smallest absolute Gasteiger partial charge is 0.410 e. The van der Waals surface area contributed by atoms with E-state index in [1.165, 1.54) is 0 Å². The Morgan fingerprint density at radius 2 is 2.28 bits per heavy atom. The van der Waals surface area contributed by atoms with Gasteiger partial charge in [0.2, 0.25) is 0 Å². The fourth-order valence-corrected chi connectivity index (χ4v) is 2.40. The third kappa shape index (κ3) is 3.04. The SMILES string of the molecule is CC(C)(C)OC(=O)N1CCCC1c1cn(Br)cn1. The molecule has 1 atom stereocenters. The first-order valence-electron chi connectivity index (χ1n) is 6.06. The summed E-state index contributed by atoms with van der Waals surface area (Å²) in [7, 11) is 0. The number of carbonyl (C=O) groups excluding carboxylic acids is 1. The lowest BCUT2D eigenvalue weighted by Crippen LogP contribution is -2.36. The lowest BCUT2D eigenvalue weighted by Gasteiger charge is -2.27. The van der Waals surface area contributed by atoms with Crippen molar-refractivity contribution in [3.05, 3.63) is 18.2 Å². The summed E-state index contributed by atoms with van der Waals surface area (Å²) in [6.07, 6.45) is 5.23. The van der Waals surface area contributed by atoms with Crippen LogP contribution in [0.2, 0.25) is 0 Å². The van der Waals surface area contributed by atoms with Crippen molar-refractivity contribution in [3.8, 4) is 0 Å². The highest BCUT2D eigenvalue weighted by atomic mass is 79.9. The van der Waals surface area contributed by atoms with Crippen molar-refractivity contribution in [2.75, 3.05) is 6.54 Å². The minimum atomic E-state index is -0.459. The first kappa shape index (κ1) is 13.4. The zero-order chi connectivity index (χ0) is 13.3. The Labute approximate surface area is 115 Å². The fourth-order valence-electron chi connectivity index (χ4n) is 2.10. The normalized spacial score (nSPS) is 20.2. The van der Waals surface area contributed by atoms with Gasteiger partial charge in [0.25, 0.3) is 0 Å². The van der Waals surface area contributed by atoms with Crippen LogP contribution in [0.4, 0.5) is 4.79 Å². The molecule has 1 saturated heterocycles. The Balaban J connectivity index is 2.10. The molecule has 0 aromatic carbocycles.